The Morgan fingerprint density at radius 2 is 1.90 bits per heavy atom. The summed E-state index contributed by atoms with van der Waals surface area (Å²) in [4.78, 5) is 12.9. The predicted octanol–water partition coefficient (Wildman–Crippen LogP) is 4.97. The second-order valence-electron chi connectivity index (χ2n) is 7.43. The van der Waals surface area contributed by atoms with Gasteiger partial charge in [0, 0.05) is 23.2 Å². The van der Waals surface area contributed by atoms with E-state index in [0.29, 0.717) is 35.0 Å². The lowest BCUT2D eigenvalue weighted by atomic mass is 9.89. The summed E-state index contributed by atoms with van der Waals surface area (Å²) in [6.07, 6.45) is 8.03. The highest BCUT2D eigenvalue weighted by molar-refractivity contribution is 7.98. The molecule has 0 spiro atoms. The molecule has 31 heavy (non-hydrogen) atoms. The maximum Gasteiger partial charge on any atom is 0.232 e. The Balaban J connectivity index is 1.48. The van der Waals surface area contributed by atoms with Gasteiger partial charge in [0.15, 0.2) is 5.16 Å². The fraction of sp³-hybridized carbons (Fsp3) is 0.381. The van der Waals surface area contributed by atoms with Crippen molar-refractivity contribution >= 4 is 40.9 Å². The molecular formula is C21H25ClN8S. The number of thioether (sulfide) groups is 1. The summed E-state index contributed by atoms with van der Waals surface area (Å²) in [6.45, 7) is 4.58. The zero-order valence-corrected chi connectivity index (χ0v) is 18.7. The van der Waals surface area contributed by atoms with Crippen molar-refractivity contribution in [3.05, 3.63) is 53.6 Å². The van der Waals surface area contributed by atoms with Crippen LogP contribution in [-0.2, 0) is 12.3 Å². The van der Waals surface area contributed by atoms with Crippen molar-refractivity contribution in [3.63, 3.8) is 0 Å². The average Bonchev–Trinajstić information content (AvgIpc) is 3.17. The minimum absolute atomic E-state index is 0.164. The van der Waals surface area contributed by atoms with Gasteiger partial charge in [0.1, 0.15) is 11.6 Å². The molecule has 0 bridgehead atoms. The molecule has 8 nitrogen and oxygen atoms in total. The minimum atomic E-state index is 0.164. The van der Waals surface area contributed by atoms with Gasteiger partial charge in [-0.25, -0.2) is 0 Å². The Kier molecular flexibility index (Phi) is 7.03. The first-order valence-electron chi connectivity index (χ1n) is 10.3. The van der Waals surface area contributed by atoms with Crippen LogP contribution in [0.5, 0.6) is 0 Å². The number of halogens is 1. The van der Waals surface area contributed by atoms with Crippen molar-refractivity contribution in [2.75, 3.05) is 11.1 Å². The van der Waals surface area contributed by atoms with E-state index in [1.54, 1.807) is 12.1 Å². The summed E-state index contributed by atoms with van der Waals surface area (Å²) in [5.74, 6) is 3.16. The highest BCUT2D eigenvalue weighted by atomic mass is 35.5. The average molecular weight is 457 g/mol. The standard InChI is InChI=1S/C21H25ClN8S/c1-2-12-30-18(14-6-4-3-5-7-14)28-29-21(30)31-13-17-25-19(23)27-20(26-17)24-16-10-8-15(22)9-11-16/h2,8-11,14H,1,3-7,12-13H2,(H3,23,24,25,26,27). The van der Waals surface area contributed by atoms with Crippen molar-refractivity contribution in [3.8, 4) is 0 Å². The van der Waals surface area contributed by atoms with Crippen LogP contribution >= 0.6 is 23.4 Å². The van der Waals surface area contributed by atoms with Gasteiger partial charge in [0.2, 0.25) is 11.9 Å². The molecule has 4 rings (SSSR count). The first-order chi connectivity index (χ1) is 15.1. The maximum atomic E-state index is 5.94. The second kappa shape index (κ2) is 10.1. The molecule has 1 aliphatic rings. The second-order valence-corrected chi connectivity index (χ2v) is 8.81. The number of rotatable bonds is 8. The van der Waals surface area contributed by atoms with Gasteiger partial charge in [0.05, 0.1) is 5.75 Å². The van der Waals surface area contributed by atoms with Crippen LogP contribution in [0.3, 0.4) is 0 Å². The van der Waals surface area contributed by atoms with E-state index in [1.165, 1.54) is 43.9 Å². The third-order valence-corrected chi connectivity index (χ3v) is 6.37. The van der Waals surface area contributed by atoms with Crippen molar-refractivity contribution < 1.29 is 0 Å². The molecule has 2 heterocycles. The molecule has 1 aliphatic carbocycles. The fourth-order valence-electron chi connectivity index (χ4n) is 3.72. The molecule has 162 valence electrons. The van der Waals surface area contributed by atoms with Crippen LogP contribution in [0.1, 0.15) is 49.7 Å². The molecule has 0 atom stereocenters. The number of nitrogens with two attached hydrogens (primary N) is 1. The molecule has 1 saturated carbocycles. The lowest BCUT2D eigenvalue weighted by molar-refractivity contribution is 0.415. The summed E-state index contributed by atoms with van der Waals surface area (Å²) in [5.41, 5.74) is 6.72. The summed E-state index contributed by atoms with van der Waals surface area (Å²) in [6, 6.07) is 7.28. The van der Waals surface area contributed by atoms with Crippen molar-refractivity contribution in [2.45, 2.75) is 55.5 Å². The Morgan fingerprint density at radius 1 is 1.13 bits per heavy atom. The summed E-state index contributed by atoms with van der Waals surface area (Å²) >= 11 is 7.48. The first kappa shape index (κ1) is 21.6. The molecule has 0 unspecified atom stereocenters. The SMILES string of the molecule is C=CCn1c(SCc2nc(N)nc(Nc3ccc(Cl)cc3)n2)nnc1C1CCCCC1. The topological polar surface area (TPSA) is 107 Å². The van der Waals surface area contributed by atoms with Crippen molar-refractivity contribution in [1.82, 2.24) is 29.7 Å². The van der Waals surface area contributed by atoms with E-state index in [-0.39, 0.29) is 5.95 Å². The highest BCUT2D eigenvalue weighted by Crippen LogP contribution is 2.33. The lowest BCUT2D eigenvalue weighted by Crippen LogP contribution is -2.12. The summed E-state index contributed by atoms with van der Waals surface area (Å²) in [5, 5.41) is 13.6. The zero-order valence-electron chi connectivity index (χ0n) is 17.2. The van der Waals surface area contributed by atoms with Gasteiger partial charge in [-0.2, -0.15) is 15.0 Å². The number of allylic oxidation sites excluding steroid dienone is 1. The fourth-order valence-corrected chi connectivity index (χ4v) is 4.66. The number of aromatic nitrogens is 6. The third kappa shape index (κ3) is 5.54. The maximum absolute atomic E-state index is 5.94. The number of nitrogens with zero attached hydrogens (tertiary/aromatic N) is 6. The molecule has 2 aromatic heterocycles. The zero-order chi connectivity index (χ0) is 21.6. The minimum Gasteiger partial charge on any atom is -0.368 e. The van der Waals surface area contributed by atoms with E-state index in [9.17, 15) is 0 Å². The molecule has 0 saturated heterocycles. The van der Waals surface area contributed by atoms with Gasteiger partial charge < -0.3 is 15.6 Å². The molecule has 1 aromatic carbocycles. The van der Waals surface area contributed by atoms with Crippen molar-refractivity contribution in [2.24, 2.45) is 0 Å². The number of nitrogen functional groups attached to an aromatic ring is 1. The van der Waals surface area contributed by atoms with Gasteiger partial charge in [-0.15, -0.1) is 16.8 Å². The van der Waals surface area contributed by atoms with Crippen LogP contribution in [-0.4, -0.2) is 29.7 Å². The number of anilines is 3. The smallest absolute Gasteiger partial charge is 0.232 e. The molecule has 0 amide bonds. The van der Waals surface area contributed by atoms with Crippen LogP contribution in [0, 0.1) is 0 Å². The summed E-state index contributed by atoms with van der Waals surface area (Å²) in [7, 11) is 0. The van der Waals surface area contributed by atoms with Gasteiger partial charge >= 0.3 is 0 Å². The van der Waals surface area contributed by atoms with E-state index in [0.717, 1.165) is 16.7 Å². The largest absolute Gasteiger partial charge is 0.368 e. The molecule has 0 aliphatic heterocycles. The number of benzene rings is 1. The third-order valence-electron chi connectivity index (χ3n) is 5.16. The van der Waals surface area contributed by atoms with Gasteiger partial charge in [-0.05, 0) is 37.1 Å². The van der Waals surface area contributed by atoms with Crippen molar-refractivity contribution in [1.29, 1.82) is 0 Å². The Labute approximate surface area is 190 Å². The van der Waals surface area contributed by atoms with E-state index in [4.69, 9.17) is 17.3 Å². The quantitative estimate of drug-likeness (QED) is 0.361. The van der Waals surface area contributed by atoms with Crippen LogP contribution in [0.15, 0.2) is 42.1 Å². The number of nitrogens with one attached hydrogen (secondary N) is 1. The van der Waals surface area contributed by atoms with Crippen LogP contribution in [0.2, 0.25) is 5.02 Å². The number of hydrogen-bond acceptors (Lipinski definition) is 8. The van der Waals surface area contributed by atoms with Crippen LogP contribution in [0.25, 0.3) is 0 Å². The van der Waals surface area contributed by atoms with Crippen LogP contribution < -0.4 is 11.1 Å². The Bertz CT molecular complexity index is 1030. The van der Waals surface area contributed by atoms with E-state index >= 15 is 0 Å². The van der Waals surface area contributed by atoms with Gasteiger partial charge in [-0.3, -0.25) is 0 Å². The molecule has 10 heteroatoms. The highest BCUT2D eigenvalue weighted by Gasteiger charge is 2.23. The molecular weight excluding hydrogens is 432 g/mol. The summed E-state index contributed by atoms with van der Waals surface area (Å²) < 4.78 is 2.16. The monoisotopic (exact) mass is 456 g/mol. The molecule has 1 fully saturated rings. The molecule has 0 radical (unpaired) electrons. The Hall–Kier alpha value is -2.65. The molecule has 3 aromatic rings. The number of hydrogen-bond donors (Lipinski definition) is 2. The lowest BCUT2D eigenvalue weighted by Gasteiger charge is -2.21. The van der Waals surface area contributed by atoms with Crippen LogP contribution in [0.4, 0.5) is 17.6 Å². The Morgan fingerprint density at radius 3 is 2.65 bits per heavy atom. The van der Waals surface area contributed by atoms with Gasteiger partial charge in [0.25, 0.3) is 0 Å². The predicted molar refractivity (Wildman–Crippen MR) is 125 cm³/mol. The van der Waals surface area contributed by atoms with E-state index in [1.807, 2.05) is 18.2 Å². The van der Waals surface area contributed by atoms with E-state index < -0.39 is 0 Å². The normalized spacial score (nSPS) is 14.5. The van der Waals surface area contributed by atoms with E-state index in [2.05, 4.69) is 41.6 Å². The van der Waals surface area contributed by atoms with Gasteiger partial charge in [-0.1, -0.05) is 48.7 Å². The first-order valence-corrected chi connectivity index (χ1v) is 11.7. The molecule has 3 N–H and O–H groups in total.